The molecule has 0 spiro atoms. The van der Waals surface area contributed by atoms with E-state index in [1.54, 1.807) is 24.3 Å². The summed E-state index contributed by atoms with van der Waals surface area (Å²) in [5, 5.41) is 11.1. The van der Waals surface area contributed by atoms with Crippen molar-refractivity contribution in [1.29, 1.82) is 0 Å². The second-order valence-electron chi connectivity index (χ2n) is 6.84. The Morgan fingerprint density at radius 1 is 1.06 bits per heavy atom. The third-order valence-electron chi connectivity index (χ3n) is 4.60. The lowest BCUT2D eigenvalue weighted by molar-refractivity contribution is -0.274. The quantitative estimate of drug-likeness (QED) is 0.358. The summed E-state index contributed by atoms with van der Waals surface area (Å²) in [6.45, 7) is 0.153. The monoisotopic (exact) mass is 464 g/mol. The summed E-state index contributed by atoms with van der Waals surface area (Å²) in [5.74, 6) is -1.51. The van der Waals surface area contributed by atoms with Gasteiger partial charge in [-0.25, -0.2) is 10.3 Å². The number of urea groups is 1. The van der Waals surface area contributed by atoms with Gasteiger partial charge in [0.25, 0.3) is 5.91 Å². The van der Waals surface area contributed by atoms with Gasteiger partial charge in [0, 0.05) is 24.9 Å². The molecule has 9 nitrogen and oxygen atoms in total. The predicted molar refractivity (Wildman–Crippen MR) is 111 cm³/mol. The van der Waals surface area contributed by atoms with E-state index in [-0.39, 0.29) is 31.2 Å². The molecule has 2 aromatic rings. The molecule has 1 saturated heterocycles. The summed E-state index contributed by atoms with van der Waals surface area (Å²) < 4.78 is 40.5. The summed E-state index contributed by atoms with van der Waals surface area (Å²) in [6.07, 6.45) is -2.26. The van der Waals surface area contributed by atoms with Crippen molar-refractivity contribution >= 4 is 35.3 Å². The van der Waals surface area contributed by atoms with Crippen LogP contribution in [0.15, 0.2) is 54.6 Å². The minimum Gasteiger partial charge on any atom is -0.406 e. The molecule has 12 heteroatoms. The average molecular weight is 464 g/mol. The fraction of sp³-hybridized carbons (Fsp3) is 0.190. The Hall–Kier alpha value is -4.06. The van der Waals surface area contributed by atoms with Crippen LogP contribution in [-0.4, -0.2) is 53.9 Å². The molecule has 3 rings (SSSR count). The smallest absolute Gasteiger partial charge is 0.406 e. The van der Waals surface area contributed by atoms with E-state index in [1.165, 1.54) is 33.5 Å². The third kappa shape index (κ3) is 6.46. The van der Waals surface area contributed by atoms with Crippen molar-refractivity contribution in [2.75, 3.05) is 29.9 Å². The number of piperazine rings is 1. The number of amides is 4. The first-order valence-electron chi connectivity index (χ1n) is 9.59. The number of ether oxygens (including phenoxy) is 1. The molecule has 1 heterocycles. The molecule has 3 N–H and O–H groups in total. The van der Waals surface area contributed by atoms with Gasteiger partial charge in [0.15, 0.2) is 0 Å². The fourth-order valence-corrected chi connectivity index (χ4v) is 3.12. The van der Waals surface area contributed by atoms with Gasteiger partial charge in [-0.2, -0.15) is 0 Å². The molecular formula is C21H19F3N4O5. The van der Waals surface area contributed by atoms with Crippen molar-refractivity contribution < 1.29 is 37.5 Å². The lowest BCUT2D eigenvalue weighted by atomic mass is 10.1. The number of carbonyl (C=O) groups excluding carboxylic acids is 3. The maximum absolute atomic E-state index is 12.7. The molecule has 0 unspecified atom stereocenters. The molecule has 0 saturated carbocycles. The topological polar surface area (TPSA) is 111 Å². The molecule has 0 radical (unpaired) electrons. The Morgan fingerprint density at radius 3 is 2.39 bits per heavy atom. The maximum atomic E-state index is 12.7. The molecule has 1 aliphatic rings. The fourth-order valence-electron chi connectivity index (χ4n) is 3.12. The number of nitrogens with one attached hydrogen (secondary N) is 2. The lowest BCUT2D eigenvalue weighted by Gasteiger charge is -2.35. The number of anilines is 2. The number of para-hydroxylation sites is 1. The SMILES string of the molecule is O=C(/C=C/c1ccccc1N1CCN(C(=O)Nc2ccc(OC(F)(F)F)cc2)CC1=O)NO. The van der Waals surface area contributed by atoms with Gasteiger partial charge in [-0.05, 0) is 42.0 Å². The van der Waals surface area contributed by atoms with Crippen LogP contribution in [0.25, 0.3) is 6.08 Å². The minimum atomic E-state index is -4.82. The molecule has 0 aromatic heterocycles. The molecule has 1 aliphatic heterocycles. The van der Waals surface area contributed by atoms with Crippen LogP contribution in [0.5, 0.6) is 5.75 Å². The van der Waals surface area contributed by atoms with E-state index >= 15 is 0 Å². The van der Waals surface area contributed by atoms with Crippen molar-refractivity contribution in [3.05, 3.63) is 60.2 Å². The van der Waals surface area contributed by atoms with Crippen LogP contribution in [0.4, 0.5) is 29.3 Å². The lowest BCUT2D eigenvalue weighted by Crippen LogP contribution is -2.53. The van der Waals surface area contributed by atoms with Gasteiger partial charge in [0.05, 0.1) is 5.69 Å². The number of hydrogen-bond acceptors (Lipinski definition) is 5. The highest BCUT2D eigenvalue weighted by Crippen LogP contribution is 2.25. The number of benzene rings is 2. The van der Waals surface area contributed by atoms with Gasteiger partial charge in [0.2, 0.25) is 5.91 Å². The van der Waals surface area contributed by atoms with Gasteiger partial charge in [0.1, 0.15) is 12.3 Å². The highest BCUT2D eigenvalue weighted by molar-refractivity contribution is 6.01. The number of hydroxylamine groups is 1. The van der Waals surface area contributed by atoms with Crippen LogP contribution in [0, 0.1) is 0 Å². The summed E-state index contributed by atoms with van der Waals surface area (Å²) in [4.78, 5) is 39.2. The molecule has 1 fully saturated rings. The molecule has 174 valence electrons. The van der Waals surface area contributed by atoms with E-state index in [4.69, 9.17) is 5.21 Å². The van der Waals surface area contributed by atoms with Crippen molar-refractivity contribution in [1.82, 2.24) is 10.4 Å². The second kappa shape index (κ2) is 10.0. The predicted octanol–water partition coefficient (Wildman–Crippen LogP) is 2.98. The summed E-state index contributed by atoms with van der Waals surface area (Å²) in [5.41, 5.74) is 2.81. The van der Waals surface area contributed by atoms with E-state index in [2.05, 4.69) is 10.1 Å². The van der Waals surface area contributed by atoms with Crippen molar-refractivity contribution in [2.24, 2.45) is 0 Å². The van der Waals surface area contributed by atoms with Gasteiger partial charge >= 0.3 is 12.4 Å². The van der Waals surface area contributed by atoms with E-state index in [0.29, 0.717) is 11.3 Å². The van der Waals surface area contributed by atoms with Gasteiger partial charge in [-0.3, -0.25) is 14.8 Å². The Bertz CT molecular complexity index is 1060. The van der Waals surface area contributed by atoms with Gasteiger partial charge < -0.3 is 19.9 Å². The largest absolute Gasteiger partial charge is 0.573 e. The van der Waals surface area contributed by atoms with Gasteiger partial charge in [-0.1, -0.05) is 18.2 Å². The Balaban J connectivity index is 1.63. The van der Waals surface area contributed by atoms with Crippen LogP contribution in [0.1, 0.15) is 5.56 Å². The summed E-state index contributed by atoms with van der Waals surface area (Å²) in [7, 11) is 0. The molecular weight excluding hydrogens is 445 g/mol. The van der Waals surface area contributed by atoms with Crippen molar-refractivity contribution in [3.8, 4) is 5.75 Å². The highest BCUT2D eigenvalue weighted by atomic mass is 19.4. The number of hydrogen-bond donors (Lipinski definition) is 3. The molecule has 4 amide bonds. The number of carbonyl (C=O) groups is 3. The maximum Gasteiger partial charge on any atom is 0.573 e. The minimum absolute atomic E-state index is 0.182. The number of alkyl halides is 3. The van der Waals surface area contributed by atoms with Crippen molar-refractivity contribution in [2.45, 2.75) is 6.36 Å². The zero-order chi connectivity index (χ0) is 24.0. The standard InChI is InChI=1S/C21H19F3N4O5/c22-21(23,24)33-16-8-6-15(7-9-16)25-20(31)27-11-12-28(19(30)13-27)17-4-2-1-3-14(17)5-10-18(29)26-32/h1-10,32H,11-13H2,(H,25,31)(H,26,29)/b10-5+. The zero-order valence-corrected chi connectivity index (χ0v) is 17.0. The van der Waals surface area contributed by atoms with Crippen LogP contribution in [-0.2, 0) is 9.59 Å². The highest BCUT2D eigenvalue weighted by Gasteiger charge is 2.31. The first-order chi connectivity index (χ1) is 15.7. The third-order valence-corrected chi connectivity index (χ3v) is 4.60. The first-order valence-corrected chi connectivity index (χ1v) is 9.59. The number of halogens is 3. The Morgan fingerprint density at radius 2 is 1.76 bits per heavy atom. The summed E-state index contributed by atoms with van der Waals surface area (Å²) >= 11 is 0. The average Bonchev–Trinajstić information content (AvgIpc) is 2.78. The van der Waals surface area contributed by atoms with Gasteiger partial charge in [-0.15, -0.1) is 13.2 Å². The van der Waals surface area contributed by atoms with E-state index < -0.39 is 24.1 Å². The molecule has 0 bridgehead atoms. The first kappa shape index (κ1) is 23.6. The zero-order valence-electron chi connectivity index (χ0n) is 17.0. The Labute approximate surface area is 186 Å². The van der Waals surface area contributed by atoms with Crippen LogP contribution < -0.4 is 20.4 Å². The molecule has 0 atom stereocenters. The second-order valence-corrected chi connectivity index (χ2v) is 6.84. The van der Waals surface area contributed by atoms with E-state index in [1.807, 2.05) is 0 Å². The molecule has 0 aliphatic carbocycles. The van der Waals surface area contributed by atoms with Crippen LogP contribution in [0.3, 0.4) is 0 Å². The molecule has 33 heavy (non-hydrogen) atoms. The van der Waals surface area contributed by atoms with Crippen molar-refractivity contribution in [3.63, 3.8) is 0 Å². The normalized spacial score (nSPS) is 14.4. The Kier molecular flexibility index (Phi) is 7.18. The van der Waals surface area contributed by atoms with E-state index in [9.17, 15) is 27.6 Å². The number of rotatable bonds is 5. The van der Waals surface area contributed by atoms with Crippen LogP contribution in [0.2, 0.25) is 0 Å². The van der Waals surface area contributed by atoms with E-state index in [0.717, 1.165) is 18.2 Å². The van der Waals surface area contributed by atoms with Crippen LogP contribution >= 0.6 is 0 Å². The molecule has 2 aromatic carbocycles. The number of nitrogens with zero attached hydrogens (tertiary/aromatic N) is 2. The summed E-state index contributed by atoms with van der Waals surface area (Å²) in [6, 6.07) is 10.9.